The normalized spacial score (nSPS) is 15.1. The second-order valence-electron chi connectivity index (χ2n) is 11.4. The molecule has 43 heavy (non-hydrogen) atoms. The number of amides is 1. The highest BCUT2D eigenvalue weighted by Crippen LogP contribution is 2.40. The maximum Gasteiger partial charge on any atom is 0.255 e. The van der Waals surface area contributed by atoms with E-state index in [9.17, 15) is 9.59 Å². The predicted molar refractivity (Wildman–Crippen MR) is 170 cm³/mol. The topological polar surface area (TPSA) is 93.8 Å². The fourth-order valence-electron chi connectivity index (χ4n) is 5.83. The Morgan fingerprint density at radius 3 is 2.49 bits per heavy atom. The Balaban J connectivity index is 1.34. The number of benzene rings is 2. The number of pyridine rings is 2. The van der Waals surface area contributed by atoms with E-state index in [0.29, 0.717) is 36.6 Å². The first-order valence-corrected chi connectivity index (χ1v) is 14.8. The molecule has 9 heteroatoms. The van der Waals surface area contributed by atoms with Crippen molar-refractivity contribution in [1.29, 1.82) is 0 Å². The minimum absolute atomic E-state index is 0.119. The summed E-state index contributed by atoms with van der Waals surface area (Å²) in [7, 11) is 2.14. The lowest BCUT2D eigenvalue weighted by atomic mass is 10.00. The summed E-state index contributed by atoms with van der Waals surface area (Å²) in [6, 6.07) is 20.3. The fourth-order valence-corrected chi connectivity index (χ4v) is 5.83. The number of hydrogen-bond acceptors (Lipinski definition) is 7. The minimum Gasteiger partial charge on any atom is -0.489 e. The number of carbonyl (C=O) groups is 1. The van der Waals surface area contributed by atoms with E-state index in [1.54, 1.807) is 0 Å². The molecule has 1 saturated heterocycles. The number of anilines is 2. The minimum atomic E-state index is -0.291. The van der Waals surface area contributed by atoms with Crippen LogP contribution in [0, 0.1) is 13.8 Å². The number of hydrogen-bond donors (Lipinski definition) is 2. The van der Waals surface area contributed by atoms with E-state index >= 15 is 0 Å². The number of nitrogens with zero attached hydrogens (tertiary/aromatic N) is 4. The van der Waals surface area contributed by atoms with Gasteiger partial charge in [0.1, 0.15) is 12.4 Å². The van der Waals surface area contributed by atoms with Crippen molar-refractivity contribution in [1.82, 2.24) is 20.2 Å². The van der Waals surface area contributed by atoms with Gasteiger partial charge in [0.2, 0.25) is 0 Å². The lowest BCUT2D eigenvalue weighted by Crippen LogP contribution is -2.44. The van der Waals surface area contributed by atoms with Crippen molar-refractivity contribution in [2.24, 2.45) is 0 Å². The van der Waals surface area contributed by atoms with Crippen LogP contribution in [0.15, 0.2) is 71.7 Å². The van der Waals surface area contributed by atoms with Crippen molar-refractivity contribution < 1.29 is 9.53 Å². The Bertz CT molecular complexity index is 1660. The molecule has 9 nitrogen and oxygen atoms in total. The Morgan fingerprint density at radius 2 is 1.77 bits per heavy atom. The Morgan fingerprint density at radius 1 is 0.977 bits per heavy atom. The summed E-state index contributed by atoms with van der Waals surface area (Å²) in [4.78, 5) is 40.9. The maximum absolute atomic E-state index is 13.8. The number of aromatic amines is 1. The van der Waals surface area contributed by atoms with E-state index < -0.39 is 0 Å². The van der Waals surface area contributed by atoms with Crippen LogP contribution in [0.4, 0.5) is 11.5 Å². The number of fused-ring (bicyclic) bond motifs is 1. The van der Waals surface area contributed by atoms with Crippen LogP contribution in [0.1, 0.15) is 32.7 Å². The van der Waals surface area contributed by atoms with Gasteiger partial charge in [-0.3, -0.25) is 9.59 Å². The molecule has 0 spiro atoms. The molecule has 4 heterocycles. The number of piperazine rings is 1. The third-order valence-electron chi connectivity index (χ3n) is 8.31. The summed E-state index contributed by atoms with van der Waals surface area (Å²) in [5.74, 6) is 1.22. The third-order valence-corrected chi connectivity index (χ3v) is 8.31. The molecule has 2 aliphatic heterocycles. The summed E-state index contributed by atoms with van der Waals surface area (Å²) in [5, 5.41) is 2.98. The quantitative estimate of drug-likeness (QED) is 0.341. The molecule has 0 aliphatic carbocycles. The SMILES string of the molecule is Cc1cc(C)c(CNC(=O)c2cc(-c3ccc(N4CCN(C)CC4)nc3)cc3c2OCCN3Cc2ccccc2)c(=O)[nH]1. The van der Waals surface area contributed by atoms with Crippen LogP contribution in [-0.4, -0.2) is 67.2 Å². The van der Waals surface area contributed by atoms with Crippen molar-refractivity contribution in [3.05, 3.63) is 105 Å². The van der Waals surface area contributed by atoms with E-state index in [1.807, 2.05) is 50.4 Å². The second-order valence-corrected chi connectivity index (χ2v) is 11.4. The number of likely N-dealkylation sites (N-methyl/N-ethyl adjacent to an activating group) is 1. The van der Waals surface area contributed by atoms with E-state index in [4.69, 9.17) is 9.72 Å². The van der Waals surface area contributed by atoms with E-state index in [0.717, 1.165) is 60.1 Å². The van der Waals surface area contributed by atoms with Gasteiger partial charge in [0.15, 0.2) is 5.75 Å². The number of ether oxygens (including phenoxy) is 1. The summed E-state index contributed by atoms with van der Waals surface area (Å²) < 4.78 is 6.16. The van der Waals surface area contributed by atoms with Crippen molar-refractivity contribution in [2.75, 3.05) is 56.2 Å². The number of rotatable bonds is 7. The van der Waals surface area contributed by atoms with Crippen molar-refractivity contribution >= 4 is 17.4 Å². The van der Waals surface area contributed by atoms with Gasteiger partial charge in [0.25, 0.3) is 11.5 Å². The number of nitrogens with one attached hydrogen (secondary N) is 2. The average Bonchev–Trinajstić information content (AvgIpc) is 3.01. The monoisotopic (exact) mass is 578 g/mol. The molecule has 2 aromatic heterocycles. The maximum atomic E-state index is 13.8. The highest BCUT2D eigenvalue weighted by atomic mass is 16.5. The van der Waals surface area contributed by atoms with Crippen LogP contribution in [-0.2, 0) is 13.1 Å². The molecule has 1 fully saturated rings. The van der Waals surface area contributed by atoms with Gasteiger partial charge in [0.05, 0.1) is 17.8 Å². The molecule has 2 N–H and O–H groups in total. The molecule has 2 aromatic carbocycles. The Labute approximate surface area is 252 Å². The molecule has 0 unspecified atom stereocenters. The van der Waals surface area contributed by atoms with Gasteiger partial charge in [-0.05, 0) is 67.9 Å². The van der Waals surface area contributed by atoms with Crippen LogP contribution < -0.4 is 25.4 Å². The molecule has 0 atom stereocenters. The second kappa shape index (κ2) is 12.3. The first kappa shape index (κ1) is 28.5. The van der Waals surface area contributed by atoms with Crippen molar-refractivity contribution in [2.45, 2.75) is 26.9 Å². The molecular formula is C34H38N6O3. The van der Waals surface area contributed by atoms with Gasteiger partial charge in [-0.1, -0.05) is 30.3 Å². The van der Waals surface area contributed by atoms with Crippen LogP contribution in [0.2, 0.25) is 0 Å². The number of aryl methyl sites for hydroxylation is 2. The summed E-state index contributed by atoms with van der Waals surface area (Å²) >= 11 is 0. The molecule has 1 amide bonds. The fraction of sp³-hybridized carbons (Fsp3) is 0.324. The molecule has 0 radical (unpaired) electrons. The summed E-state index contributed by atoms with van der Waals surface area (Å²) in [5.41, 5.74) is 6.27. The standard InChI is InChI=1S/C34H38N6O3/c1-23-17-24(2)37-34(42)29(23)21-36-33(41)28-18-27(26-9-10-31(35-20-26)39-13-11-38(3)12-14-39)19-30-32(28)43-16-15-40(30)22-25-7-5-4-6-8-25/h4-10,17-20H,11-16,21-22H2,1-3H3,(H,36,41)(H,37,42). The lowest BCUT2D eigenvalue weighted by molar-refractivity contribution is 0.0946. The zero-order valence-electron chi connectivity index (χ0n) is 25.0. The molecule has 2 aliphatic rings. The lowest BCUT2D eigenvalue weighted by Gasteiger charge is -2.33. The number of aromatic nitrogens is 2. The van der Waals surface area contributed by atoms with E-state index in [2.05, 4.69) is 62.4 Å². The van der Waals surface area contributed by atoms with Gasteiger partial charge in [-0.25, -0.2) is 4.98 Å². The van der Waals surface area contributed by atoms with E-state index in [1.165, 1.54) is 5.56 Å². The zero-order valence-corrected chi connectivity index (χ0v) is 25.0. The van der Waals surface area contributed by atoms with Crippen LogP contribution in [0.5, 0.6) is 5.75 Å². The molecule has 0 bridgehead atoms. The van der Waals surface area contributed by atoms with Crippen LogP contribution in [0.3, 0.4) is 0 Å². The van der Waals surface area contributed by atoms with Gasteiger partial charge in [-0.15, -0.1) is 0 Å². The summed E-state index contributed by atoms with van der Waals surface area (Å²) in [6.45, 7) is 9.63. The molecule has 222 valence electrons. The first-order chi connectivity index (χ1) is 20.9. The van der Waals surface area contributed by atoms with Crippen LogP contribution in [0.25, 0.3) is 11.1 Å². The highest BCUT2D eigenvalue weighted by Gasteiger charge is 2.26. The molecule has 6 rings (SSSR count). The van der Waals surface area contributed by atoms with E-state index in [-0.39, 0.29) is 18.0 Å². The van der Waals surface area contributed by atoms with Crippen molar-refractivity contribution in [3.63, 3.8) is 0 Å². The molecule has 4 aromatic rings. The highest BCUT2D eigenvalue weighted by molar-refractivity contribution is 6.01. The number of carbonyl (C=O) groups excluding carboxylic acids is 1. The van der Waals surface area contributed by atoms with Crippen molar-refractivity contribution in [3.8, 4) is 16.9 Å². The van der Waals surface area contributed by atoms with Gasteiger partial charge < -0.3 is 29.7 Å². The Kier molecular flexibility index (Phi) is 8.16. The number of H-pyrrole nitrogens is 1. The Hall–Kier alpha value is -4.63. The first-order valence-electron chi connectivity index (χ1n) is 14.8. The zero-order chi connectivity index (χ0) is 29.9. The van der Waals surface area contributed by atoms with Gasteiger partial charge >= 0.3 is 0 Å². The van der Waals surface area contributed by atoms with Gasteiger partial charge in [0, 0.05) is 62.3 Å². The largest absolute Gasteiger partial charge is 0.489 e. The molecule has 0 saturated carbocycles. The average molecular weight is 579 g/mol. The van der Waals surface area contributed by atoms with Gasteiger partial charge in [-0.2, -0.15) is 0 Å². The predicted octanol–water partition coefficient (Wildman–Crippen LogP) is 4.13. The summed E-state index contributed by atoms with van der Waals surface area (Å²) in [6.07, 6.45) is 1.89. The van der Waals surface area contributed by atoms with Crippen LogP contribution >= 0.6 is 0 Å². The molecular weight excluding hydrogens is 540 g/mol. The third kappa shape index (κ3) is 6.27. The smallest absolute Gasteiger partial charge is 0.255 e.